The van der Waals surface area contributed by atoms with Crippen LogP contribution in [-0.4, -0.2) is 143 Å². The van der Waals surface area contributed by atoms with Crippen molar-refractivity contribution in [2.75, 3.05) is 37.0 Å². The number of nitrogens with two attached hydrogens (primary N) is 1. The molecule has 7 N–H and O–H groups in total. The van der Waals surface area contributed by atoms with Gasteiger partial charge in [0.25, 0.3) is 0 Å². The van der Waals surface area contributed by atoms with Gasteiger partial charge in [0.05, 0.1) is 31.1 Å². The van der Waals surface area contributed by atoms with E-state index in [4.69, 9.17) is 15.6 Å². The monoisotopic (exact) mass is 797 g/mol. The van der Waals surface area contributed by atoms with E-state index in [1.807, 2.05) is 0 Å². The number of rotatable bonds is 13. The third kappa shape index (κ3) is 8.61. The van der Waals surface area contributed by atoms with E-state index in [0.717, 1.165) is 34.7 Å². The fraction of sp³-hybridized carbons (Fsp3) is 0.407. The van der Waals surface area contributed by atoms with Crippen molar-refractivity contribution in [2.24, 2.45) is 12.8 Å². The minimum absolute atomic E-state index is 0.00530. The molecule has 3 aliphatic heterocycles. The summed E-state index contributed by atoms with van der Waals surface area (Å²) in [5.41, 5.74) is 5.34. The van der Waals surface area contributed by atoms with Gasteiger partial charge in [-0.15, -0.1) is 16.9 Å². The number of amides is 7. The number of nitrogens with zero attached hydrogens (tertiary/aromatic N) is 7. The van der Waals surface area contributed by atoms with Crippen molar-refractivity contribution >= 4 is 81.1 Å². The summed E-state index contributed by atoms with van der Waals surface area (Å²) < 4.78 is 30.7. The van der Waals surface area contributed by atoms with Crippen molar-refractivity contribution in [2.45, 2.75) is 34.4 Å². The van der Waals surface area contributed by atoms with Crippen molar-refractivity contribution in [3.63, 3.8) is 0 Å². The number of ether oxygens (including phenoxy) is 1. The number of carbonyl (C=O) groups excluding carboxylic acids is 5. The van der Waals surface area contributed by atoms with Crippen molar-refractivity contribution < 1.29 is 56.9 Å². The smallest absolute Gasteiger partial charge is 0.411 e. The maximum Gasteiger partial charge on any atom is 0.411 e. The molecule has 4 heterocycles. The number of hydrogen-bond acceptors (Lipinski definition) is 16. The van der Waals surface area contributed by atoms with E-state index in [9.17, 15) is 47.1 Å². The van der Waals surface area contributed by atoms with E-state index in [1.165, 1.54) is 28.9 Å². The standard InChI is InChI=1S/C27H31N11O12S3/c1-35-25(32-33-34-35)51-11-14-19(23(43)44)38-16(39)9-17(38)52-21(14)31-20(40)18(30-24(45)36-7-8-37(27(36)47)53(2,48)49)12-3-5-13(6-4-12)29-26(46)50-10-15(28)22(41)42/h3-6,15,17-18,21H,7-11,28H2,1-2H3,(H,29,46)(H,30,45)(H,31,40)(H,41,42)(H,43,44)/t15-,17+,18?,21?/m1/s1. The lowest BCUT2D eigenvalue weighted by atomic mass is 10.0. The first-order valence-electron chi connectivity index (χ1n) is 15.2. The minimum atomic E-state index is -4.01. The predicted molar refractivity (Wildman–Crippen MR) is 181 cm³/mol. The number of aryl methyl sites for hydroxylation is 1. The topological polar surface area (TPSA) is 319 Å². The number of sulfonamides is 1. The Labute approximate surface area is 307 Å². The molecule has 4 atom stereocenters. The second-order valence-corrected chi connectivity index (χ2v) is 15.6. The van der Waals surface area contributed by atoms with E-state index in [0.29, 0.717) is 14.4 Å². The van der Waals surface area contributed by atoms with Gasteiger partial charge in [0, 0.05) is 24.1 Å². The zero-order chi connectivity index (χ0) is 38.8. The van der Waals surface area contributed by atoms with Crippen molar-refractivity contribution in [1.29, 1.82) is 0 Å². The molecule has 284 valence electrons. The zero-order valence-corrected chi connectivity index (χ0v) is 30.0. The number of carboxylic acid groups (broad SMARTS) is 2. The number of carboxylic acids is 2. The van der Waals surface area contributed by atoms with Gasteiger partial charge in [-0.3, -0.25) is 24.6 Å². The number of imide groups is 1. The molecule has 2 fully saturated rings. The van der Waals surface area contributed by atoms with E-state index in [2.05, 4.69) is 31.5 Å². The van der Waals surface area contributed by atoms with Crippen molar-refractivity contribution in [1.82, 2.24) is 44.9 Å². The quantitative estimate of drug-likeness (QED) is 0.0992. The molecule has 23 nitrogen and oxygen atoms in total. The van der Waals surface area contributed by atoms with Crippen LogP contribution in [0.25, 0.3) is 0 Å². The molecule has 26 heteroatoms. The number of fused-ring (bicyclic) bond motifs is 1. The van der Waals surface area contributed by atoms with Gasteiger partial charge in [-0.05, 0) is 28.1 Å². The number of tetrazole rings is 1. The third-order valence-corrected chi connectivity index (χ3v) is 11.4. The summed E-state index contributed by atoms with van der Waals surface area (Å²) in [6.07, 6.45) is -0.251. The first-order valence-corrected chi connectivity index (χ1v) is 18.9. The Kier molecular flexibility index (Phi) is 11.4. The third-order valence-electron chi connectivity index (χ3n) is 7.82. The number of thioether (sulfide) groups is 2. The number of anilines is 1. The van der Waals surface area contributed by atoms with Gasteiger partial charge in [0.1, 0.15) is 29.8 Å². The lowest BCUT2D eigenvalue weighted by molar-refractivity contribution is -0.146. The molecule has 1 aromatic heterocycles. The molecule has 2 aromatic rings. The average molecular weight is 798 g/mol. The van der Waals surface area contributed by atoms with Crippen molar-refractivity contribution in [3.05, 3.63) is 41.1 Å². The van der Waals surface area contributed by atoms with Crippen molar-refractivity contribution in [3.8, 4) is 0 Å². The number of nitrogens with one attached hydrogen (secondary N) is 3. The van der Waals surface area contributed by atoms with Gasteiger partial charge < -0.3 is 31.3 Å². The molecule has 0 bridgehead atoms. The maximum atomic E-state index is 14.1. The van der Waals surface area contributed by atoms with Crippen LogP contribution in [0.4, 0.5) is 20.1 Å². The molecule has 2 saturated heterocycles. The highest BCUT2D eigenvalue weighted by atomic mass is 32.2. The molecule has 7 amide bonds. The van der Waals surface area contributed by atoms with E-state index in [1.54, 1.807) is 7.05 Å². The number of β-lactam (4-membered cyclic amide) rings is 1. The van der Waals surface area contributed by atoms with Gasteiger partial charge in [-0.2, -0.15) is 0 Å². The van der Waals surface area contributed by atoms with Crippen LogP contribution in [-0.2, 0) is 41.0 Å². The summed E-state index contributed by atoms with van der Waals surface area (Å²) in [6.45, 7) is -1.27. The number of aliphatic carboxylic acids is 2. The van der Waals surface area contributed by atoms with Crippen LogP contribution in [0.5, 0.6) is 0 Å². The summed E-state index contributed by atoms with van der Waals surface area (Å²) in [5, 5.41) is 36.3. The second kappa shape index (κ2) is 15.6. The highest BCUT2D eigenvalue weighted by molar-refractivity contribution is 8.01. The Hall–Kier alpha value is -5.47. The highest BCUT2D eigenvalue weighted by Crippen LogP contribution is 2.44. The van der Waals surface area contributed by atoms with Gasteiger partial charge in [0.2, 0.25) is 27.0 Å². The van der Waals surface area contributed by atoms with Crippen LogP contribution in [0.2, 0.25) is 0 Å². The first kappa shape index (κ1) is 38.8. The van der Waals surface area contributed by atoms with Gasteiger partial charge in [-0.1, -0.05) is 23.9 Å². The summed E-state index contributed by atoms with van der Waals surface area (Å²) in [4.78, 5) is 90.1. The van der Waals surface area contributed by atoms with Gasteiger partial charge in [-0.25, -0.2) is 41.5 Å². The van der Waals surface area contributed by atoms with E-state index in [-0.39, 0.29) is 47.8 Å². The zero-order valence-electron chi connectivity index (χ0n) is 27.6. The molecule has 1 aromatic carbocycles. The predicted octanol–water partition coefficient (Wildman–Crippen LogP) is -1.50. The Balaban J connectivity index is 1.42. The molecule has 53 heavy (non-hydrogen) atoms. The largest absolute Gasteiger partial charge is 0.480 e. The lowest BCUT2D eigenvalue weighted by Crippen LogP contribution is -2.58. The highest BCUT2D eigenvalue weighted by Gasteiger charge is 2.49. The SMILES string of the molecule is Cn1nnnc1SCC1=C(C(=O)O)N2C(=O)C[C@@H]2SC1NC(=O)C(NC(=O)N1CCN(S(C)(=O)=O)C1=O)c1ccc(NC(=O)OC[C@@H](N)C(=O)O)cc1. The Bertz CT molecular complexity index is 1990. The van der Waals surface area contributed by atoms with Gasteiger partial charge in [0.15, 0.2) is 0 Å². The van der Waals surface area contributed by atoms with E-state index < -0.39 is 81.4 Å². The second-order valence-electron chi connectivity index (χ2n) is 11.4. The Morgan fingerprint density at radius 3 is 2.40 bits per heavy atom. The van der Waals surface area contributed by atoms with Crippen LogP contribution < -0.4 is 21.7 Å². The fourth-order valence-corrected chi connectivity index (χ4v) is 8.40. The molecule has 0 radical (unpaired) electrons. The normalized spacial score (nSPS) is 19.6. The van der Waals surface area contributed by atoms with Crippen LogP contribution in [0.1, 0.15) is 18.0 Å². The number of aromatic nitrogens is 4. The Morgan fingerprint density at radius 2 is 1.83 bits per heavy atom. The minimum Gasteiger partial charge on any atom is -0.480 e. The molecule has 3 aliphatic rings. The number of urea groups is 2. The molecule has 0 spiro atoms. The van der Waals surface area contributed by atoms with Crippen LogP contribution in [0.3, 0.4) is 0 Å². The van der Waals surface area contributed by atoms with Gasteiger partial charge >= 0.3 is 30.1 Å². The molecule has 0 aliphatic carbocycles. The first-order chi connectivity index (χ1) is 25.0. The number of benzene rings is 1. The molecular formula is C27H31N11O12S3. The average Bonchev–Trinajstić information content (AvgIpc) is 3.69. The molecule has 2 unspecified atom stereocenters. The number of carbonyl (C=O) groups is 7. The maximum absolute atomic E-state index is 14.1. The van der Waals surface area contributed by atoms with E-state index >= 15 is 0 Å². The molecule has 5 rings (SSSR count). The summed E-state index contributed by atoms with van der Waals surface area (Å²) in [5.74, 6) is -4.22. The number of hydrogen-bond donors (Lipinski definition) is 6. The van der Waals surface area contributed by atoms with Crippen LogP contribution in [0, 0.1) is 0 Å². The lowest BCUT2D eigenvalue weighted by Gasteiger charge is -2.46. The summed E-state index contributed by atoms with van der Waals surface area (Å²) in [6, 6.07) is -0.0295. The van der Waals surface area contributed by atoms with Crippen LogP contribution >= 0.6 is 23.5 Å². The summed E-state index contributed by atoms with van der Waals surface area (Å²) in [7, 11) is -2.45. The fourth-order valence-electron chi connectivity index (χ4n) is 5.15. The molecule has 0 saturated carbocycles. The Morgan fingerprint density at radius 1 is 1.13 bits per heavy atom. The molecular weight excluding hydrogens is 767 g/mol. The van der Waals surface area contributed by atoms with Crippen LogP contribution in [0.15, 0.2) is 40.7 Å². The summed E-state index contributed by atoms with van der Waals surface area (Å²) >= 11 is 2.13.